The second-order valence-corrected chi connectivity index (χ2v) is 7.06. The van der Waals surface area contributed by atoms with Crippen molar-refractivity contribution in [1.82, 2.24) is 19.5 Å². The molecule has 9 nitrogen and oxygen atoms in total. The number of aromatic nitrogens is 4. The largest absolute Gasteiger partial charge is 0.394 e. The molecule has 0 aromatic carbocycles. The van der Waals surface area contributed by atoms with E-state index in [2.05, 4.69) is 21.9 Å². The van der Waals surface area contributed by atoms with E-state index in [4.69, 9.17) is 10.5 Å². The van der Waals surface area contributed by atoms with Gasteiger partial charge in [-0.2, -0.15) is 0 Å². The Kier molecular flexibility index (Phi) is 5.74. The van der Waals surface area contributed by atoms with E-state index in [1.165, 1.54) is 22.7 Å². The molecule has 10 heteroatoms. The molecule has 0 radical (unpaired) electrons. The number of nitrogens with zero attached hydrogens (tertiary/aromatic N) is 4. The van der Waals surface area contributed by atoms with Gasteiger partial charge in [0, 0.05) is 5.75 Å². The number of ether oxygens (including phenoxy) is 1. The van der Waals surface area contributed by atoms with Gasteiger partial charge in [-0.3, -0.25) is 4.57 Å². The van der Waals surface area contributed by atoms with Crippen molar-refractivity contribution >= 4 is 28.7 Å². The van der Waals surface area contributed by atoms with Gasteiger partial charge in [0.15, 0.2) is 22.8 Å². The number of aliphatic hydroxyl groups is 3. The first-order chi connectivity index (χ1) is 12.1. The summed E-state index contributed by atoms with van der Waals surface area (Å²) in [6.07, 6.45) is 0.647. The summed E-state index contributed by atoms with van der Waals surface area (Å²) in [4.78, 5) is 12.9. The molecule has 1 aliphatic rings. The van der Waals surface area contributed by atoms with Gasteiger partial charge in [0.2, 0.25) is 0 Å². The molecule has 4 atom stereocenters. The smallest absolute Gasteiger partial charge is 0.191 e. The predicted octanol–water partition coefficient (Wildman–Crippen LogP) is 0.302. The lowest BCUT2D eigenvalue weighted by atomic mass is 10.1. The van der Waals surface area contributed by atoms with Gasteiger partial charge in [-0.15, -0.1) is 0 Å². The third-order valence-electron chi connectivity index (χ3n) is 4.20. The van der Waals surface area contributed by atoms with E-state index in [1.807, 2.05) is 0 Å². The van der Waals surface area contributed by atoms with Crippen LogP contribution in [-0.2, 0) is 4.74 Å². The molecule has 2 aromatic rings. The molecular weight excluding hydrogens is 346 g/mol. The maximum absolute atomic E-state index is 10.2. The monoisotopic (exact) mass is 369 g/mol. The SMILES string of the molecule is CCCCCSc1nc(N)c2ncn([C@@H]3O[C@H](CO)C(O)C3O)c2n1. The quantitative estimate of drug-likeness (QED) is 0.308. The molecule has 3 heterocycles. The van der Waals surface area contributed by atoms with E-state index in [1.54, 1.807) is 0 Å². The van der Waals surface area contributed by atoms with Crippen molar-refractivity contribution in [1.29, 1.82) is 0 Å². The summed E-state index contributed by atoms with van der Waals surface area (Å²) in [5, 5.41) is 29.9. The van der Waals surface area contributed by atoms with Crippen molar-refractivity contribution in [3.8, 4) is 0 Å². The van der Waals surface area contributed by atoms with Crippen LogP contribution in [0.4, 0.5) is 5.82 Å². The van der Waals surface area contributed by atoms with Crippen molar-refractivity contribution in [3.05, 3.63) is 6.33 Å². The van der Waals surface area contributed by atoms with E-state index in [0.717, 1.165) is 25.0 Å². The fraction of sp³-hybridized carbons (Fsp3) is 0.667. The minimum Gasteiger partial charge on any atom is -0.394 e. The third-order valence-corrected chi connectivity index (χ3v) is 5.13. The Morgan fingerprint density at radius 1 is 1.28 bits per heavy atom. The predicted molar refractivity (Wildman–Crippen MR) is 93.0 cm³/mol. The van der Waals surface area contributed by atoms with Crippen LogP contribution in [0.1, 0.15) is 32.4 Å². The average molecular weight is 369 g/mol. The molecule has 1 saturated heterocycles. The Bertz CT molecular complexity index is 727. The molecule has 0 amide bonds. The van der Waals surface area contributed by atoms with Crippen LogP contribution in [0.25, 0.3) is 11.2 Å². The molecule has 0 bridgehead atoms. The van der Waals surface area contributed by atoms with Gasteiger partial charge < -0.3 is 25.8 Å². The molecule has 25 heavy (non-hydrogen) atoms. The zero-order valence-electron chi connectivity index (χ0n) is 13.9. The molecule has 138 valence electrons. The molecule has 0 saturated carbocycles. The zero-order chi connectivity index (χ0) is 18.0. The van der Waals surface area contributed by atoms with E-state index in [-0.39, 0.29) is 5.82 Å². The van der Waals surface area contributed by atoms with E-state index >= 15 is 0 Å². The van der Waals surface area contributed by atoms with E-state index in [9.17, 15) is 15.3 Å². The number of anilines is 1. The second-order valence-electron chi connectivity index (χ2n) is 6.00. The van der Waals surface area contributed by atoms with Crippen LogP contribution in [0, 0.1) is 0 Å². The number of aliphatic hydroxyl groups excluding tert-OH is 3. The van der Waals surface area contributed by atoms with Gasteiger partial charge in [-0.05, 0) is 6.42 Å². The van der Waals surface area contributed by atoms with Crippen molar-refractivity contribution in [2.45, 2.75) is 55.9 Å². The van der Waals surface area contributed by atoms with Crippen molar-refractivity contribution in [2.75, 3.05) is 18.1 Å². The first-order valence-corrected chi connectivity index (χ1v) is 9.30. The highest BCUT2D eigenvalue weighted by Gasteiger charge is 2.44. The van der Waals surface area contributed by atoms with Gasteiger partial charge in [-0.25, -0.2) is 15.0 Å². The molecule has 1 aliphatic heterocycles. The number of unbranched alkanes of at least 4 members (excludes halogenated alkanes) is 2. The van der Waals surface area contributed by atoms with Gasteiger partial charge in [0.25, 0.3) is 0 Å². The van der Waals surface area contributed by atoms with Gasteiger partial charge >= 0.3 is 0 Å². The van der Waals surface area contributed by atoms with E-state index < -0.39 is 31.1 Å². The molecule has 2 aromatic heterocycles. The highest BCUT2D eigenvalue weighted by molar-refractivity contribution is 7.99. The first kappa shape index (κ1) is 18.3. The molecular formula is C15H23N5O4S. The third kappa shape index (κ3) is 3.58. The Balaban J connectivity index is 1.88. The molecule has 0 aliphatic carbocycles. The summed E-state index contributed by atoms with van der Waals surface area (Å²) in [5.74, 6) is 1.15. The Hall–Kier alpha value is -1.46. The Labute approximate surface area is 149 Å². The summed E-state index contributed by atoms with van der Waals surface area (Å²) >= 11 is 1.51. The fourth-order valence-corrected chi connectivity index (χ4v) is 3.64. The van der Waals surface area contributed by atoms with Gasteiger partial charge in [0.1, 0.15) is 23.8 Å². The van der Waals surface area contributed by atoms with E-state index in [0.29, 0.717) is 16.3 Å². The lowest BCUT2D eigenvalue weighted by Crippen LogP contribution is -2.33. The lowest BCUT2D eigenvalue weighted by Gasteiger charge is -2.16. The summed E-state index contributed by atoms with van der Waals surface area (Å²) in [7, 11) is 0. The van der Waals surface area contributed by atoms with Crippen LogP contribution in [-0.4, -0.2) is 65.5 Å². The number of imidazole rings is 1. The van der Waals surface area contributed by atoms with Gasteiger partial charge in [0.05, 0.1) is 12.9 Å². The van der Waals surface area contributed by atoms with Gasteiger partial charge in [-0.1, -0.05) is 31.5 Å². The normalized spacial score (nSPS) is 26.6. The molecule has 1 fully saturated rings. The summed E-state index contributed by atoms with van der Waals surface area (Å²) in [6, 6.07) is 0. The number of nitrogens with two attached hydrogens (primary N) is 1. The number of rotatable bonds is 7. The highest BCUT2D eigenvalue weighted by atomic mass is 32.2. The number of hydrogen-bond acceptors (Lipinski definition) is 9. The number of nitrogen functional groups attached to an aromatic ring is 1. The fourth-order valence-electron chi connectivity index (χ4n) is 2.79. The standard InChI is InChI=1S/C15H23N5O4S/c1-2-3-4-5-25-15-18-12(16)9-13(19-15)20(7-17-9)14-11(23)10(22)8(6-21)24-14/h7-8,10-11,14,21-23H,2-6H2,1H3,(H2,16,18,19)/t8-,10?,11?,14-/m1/s1. The van der Waals surface area contributed by atoms with Crippen LogP contribution in [0.15, 0.2) is 11.5 Å². The summed E-state index contributed by atoms with van der Waals surface area (Å²) in [6.45, 7) is 1.75. The minimum absolute atomic E-state index is 0.258. The molecule has 5 N–H and O–H groups in total. The zero-order valence-corrected chi connectivity index (χ0v) is 14.8. The number of thioether (sulfide) groups is 1. The summed E-state index contributed by atoms with van der Waals surface area (Å²) < 4.78 is 7.07. The maximum atomic E-state index is 10.2. The molecule has 0 spiro atoms. The lowest BCUT2D eigenvalue weighted by molar-refractivity contribution is -0.0511. The van der Waals surface area contributed by atoms with Crippen molar-refractivity contribution < 1.29 is 20.1 Å². The topological polar surface area (TPSA) is 140 Å². The van der Waals surface area contributed by atoms with Crippen molar-refractivity contribution in [2.24, 2.45) is 0 Å². The number of hydrogen-bond donors (Lipinski definition) is 4. The first-order valence-electron chi connectivity index (χ1n) is 8.32. The van der Waals surface area contributed by atoms with Crippen LogP contribution in [0.3, 0.4) is 0 Å². The maximum Gasteiger partial charge on any atom is 0.191 e. The number of fused-ring (bicyclic) bond motifs is 1. The van der Waals surface area contributed by atoms with Crippen molar-refractivity contribution in [3.63, 3.8) is 0 Å². The molecule has 2 unspecified atom stereocenters. The molecule has 3 rings (SSSR count). The highest BCUT2D eigenvalue weighted by Crippen LogP contribution is 2.32. The average Bonchev–Trinajstić information content (AvgIpc) is 3.14. The Morgan fingerprint density at radius 3 is 2.76 bits per heavy atom. The van der Waals surface area contributed by atoms with Crippen LogP contribution < -0.4 is 5.73 Å². The van der Waals surface area contributed by atoms with Crippen LogP contribution >= 0.6 is 11.8 Å². The Morgan fingerprint density at radius 2 is 2.08 bits per heavy atom. The van der Waals surface area contributed by atoms with Crippen LogP contribution in [0.5, 0.6) is 0 Å². The van der Waals surface area contributed by atoms with Crippen LogP contribution in [0.2, 0.25) is 0 Å². The minimum atomic E-state index is -1.20. The summed E-state index contributed by atoms with van der Waals surface area (Å²) in [5.41, 5.74) is 6.83. The second kappa shape index (κ2) is 7.83.